The zero-order valence-corrected chi connectivity index (χ0v) is 21.2. The minimum absolute atomic E-state index is 0.00575. The molecule has 0 saturated carbocycles. The van der Waals surface area contributed by atoms with Crippen molar-refractivity contribution in [2.24, 2.45) is 0 Å². The maximum atomic E-state index is 11.4. The van der Waals surface area contributed by atoms with Gasteiger partial charge in [0.05, 0.1) is 6.10 Å². The lowest BCUT2D eigenvalue weighted by Gasteiger charge is -2.48. The lowest BCUT2D eigenvalue weighted by molar-refractivity contribution is -0.360. The summed E-state index contributed by atoms with van der Waals surface area (Å²) in [6.45, 7) is 2.36. The van der Waals surface area contributed by atoms with E-state index in [-0.39, 0.29) is 45.3 Å². The molecule has 10 atom stereocenters. The van der Waals surface area contributed by atoms with Crippen molar-refractivity contribution >= 4 is 45.3 Å². The first-order chi connectivity index (χ1) is 19.4. The molecule has 2 rings (SSSR count). The Morgan fingerprint density at radius 3 is 1.40 bits per heavy atom. The molecule has 0 bridgehead atoms. The normalized spacial score (nSPS) is 33.4. The molecule has 0 N–H and O–H groups in total. The van der Waals surface area contributed by atoms with Crippen LogP contribution in [0.4, 0.5) is 0 Å². The van der Waals surface area contributed by atoms with E-state index in [4.69, 9.17) is 52.1 Å². The van der Waals surface area contributed by atoms with Crippen molar-refractivity contribution in [2.75, 3.05) is 13.2 Å². The maximum absolute atomic E-state index is 11.4. The molecule has 2 heterocycles. The van der Waals surface area contributed by atoms with Crippen LogP contribution in [0.1, 0.15) is 13.8 Å². The molecule has 18 nitrogen and oxygen atoms in total. The van der Waals surface area contributed by atoms with Gasteiger partial charge >= 0.3 is 0 Å². The molecule has 0 amide bonds. The quantitative estimate of drug-likeness (QED) is 0.106. The van der Waals surface area contributed by atoms with Gasteiger partial charge in [-0.3, -0.25) is 33.6 Å². The molecule has 2 saturated heterocycles. The van der Waals surface area contributed by atoms with Gasteiger partial charge in [-0.1, -0.05) is 0 Å². The molecule has 224 valence electrons. The van der Waals surface area contributed by atoms with Crippen molar-refractivity contribution in [1.82, 2.24) is 0 Å². The van der Waals surface area contributed by atoms with Gasteiger partial charge in [0.2, 0.25) is 0 Å². The fourth-order valence-electron chi connectivity index (χ4n) is 4.18. The first-order valence-corrected chi connectivity index (χ1v) is 11.6. The molecule has 0 aromatic rings. The van der Waals surface area contributed by atoms with Gasteiger partial charge in [-0.15, -0.1) is 0 Å². The lowest BCUT2D eigenvalue weighted by Crippen LogP contribution is -2.66. The molecular formula is C22H28O18. The molecule has 0 aromatic heterocycles. The predicted molar refractivity (Wildman–Crippen MR) is 117 cm³/mol. The van der Waals surface area contributed by atoms with Gasteiger partial charge in [-0.25, -0.2) is 0 Å². The standard InChI is InChI=1S/C22H28O18/c1-12(2)37-21-20(36-11-29)18(34-9-27)16(14(39-21)4-31-6-24)40-22-19(35-10-28)17(33-8-26)15(32-7-25)13(38-22)3-30-5-23/h5-22H,3-4H2,1-2H3/t13-,14-,15+,16-,17+,18+,19-,20-,21?,22+/m1/s1. The van der Waals surface area contributed by atoms with Crippen molar-refractivity contribution in [2.45, 2.75) is 81.4 Å². The fraction of sp³-hybridized carbons (Fsp3) is 0.682. The van der Waals surface area contributed by atoms with Gasteiger partial charge < -0.3 is 52.1 Å². The van der Waals surface area contributed by atoms with Crippen LogP contribution in [-0.2, 0) is 85.7 Å². The van der Waals surface area contributed by atoms with E-state index in [0.29, 0.717) is 0 Å². The molecule has 0 spiro atoms. The Bertz CT molecular complexity index is 837. The van der Waals surface area contributed by atoms with Crippen molar-refractivity contribution in [1.29, 1.82) is 0 Å². The average Bonchev–Trinajstić information content (AvgIpc) is 2.92. The van der Waals surface area contributed by atoms with Crippen LogP contribution >= 0.6 is 0 Å². The van der Waals surface area contributed by atoms with Crippen LogP contribution in [0.25, 0.3) is 0 Å². The van der Waals surface area contributed by atoms with E-state index in [1.165, 1.54) is 0 Å². The predicted octanol–water partition coefficient (Wildman–Crippen LogP) is -2.70. The summed E-state index contributed by atoms with van der Waals surface area (Å²) in [5.41, 5.74) is 0. The SMILES string of the molecule is CC(C)OC1O[C@H](COC=O)[C@@H](O[C@@H]2O[C@H](COC=O)[C@H](OC=O)[C@H](OC=O)[C@H]2OC=O)[C@H](OC=O)[C@H]1OC=O. The first-order valence-electron chi connectivity index (χ1n) is 11.6. The van der Waals surface area contributed by atoms with E-state index in [1.807, 2.05) is 0 Å². The average molecular weight is 580 g/mol. The Hall–Kier alpha value is -3.87. The zero-order chi connectivity index (χ0) is 29.5. The van der Waals surface area contributed by atoms with Crippen LogP contribution in [-0.4, -0.2) is 126 Å². The van der Waals surface area contributed by atoms with Gasteiger partial charge in [0.25, 0.3) is 45.3 Å². The number of carbonyl (C=O) groups is 7. The van der Waals surface area contributed by atoms with E-state index in [1.54, 1.807) is 13.8 Å². The smallest absolute Gasteiger partial charge is 0.293 e. The summed E-state index contributed by atoms with van der Waals surface area (Å²) < 4.78 is 57.8. The highest BCUT2D eigenvalue weighted by Crippen LogP contribution is 2.34. The molecule has 0 aliphatic carbocycles. The molecule has 0 aromatic carbocycles. The zero-order valence-electron chi connectivity index (χ0n) is 21.2. The van der Waals surface area contributed by atoms with E-state index >= 15 is 0 Å². The largest absolute Gasteiger partial charge is 0.465 e. The van der Waals surface area contributed by atoms with Crippen LogP contribution in [0, 0.1) is 0 Å². The Morgan fingerprint density at radius 2 is 0.925 bits per heavy atom. The lowest BCUT2D eigenvalue weighted by atomic mass is 9.96. The third-order valence-corrected chi connectivity index (χ3v) is 5.60. The van der Waals surface area contributed by atoms with Gasteiger partial charge in [0.1, 0.15) is 31.5 Å². The minimum atomic E-state index is -1.73. The summed E-state index contributed by atoms with van der Waals surface area (Å²) in [7, 11) is 0. The summed E-state index contributed by atoms with van der Waals surface area (Å²) in [6, 6.07) is 0. The number of rotatable bonds is 20. The van der Waals surface area contributed by atoms with Crippen LogP contribution < -0.4 is 0 Å². The Balaban J connectivity index is 2.53. The fourth-order valence-corrected chi connectivity index (χ4v) is 4.18. The van der Waals surface area contributed by atoms with Crippen molar-refractivity contribution in [3.8, 4) is 0 Å². The van der Waals surface area contributed by atoms with Gasteiger partial charge in [0.15, 0.2) is 43.1 Å². The molecule has 2 aliphatic rings. The van der Waals surface area contributed by atoms with Crippen LogP contribution in [0.15, 0.2) is 0 Å². The van der Waals surface area contributed by atoms with Crippen molar-refractivity contribution in [3.63, 3.8) is 0 Å². The number of carbonyl (C=O) groups excluding carboxylic acids is 7. The highest BCUT2D eigenvalue weighted by Gasteiger charge is 2.56. The van der Waals surface area contributed by atoms with E-state index < -0.39 is 80.7 Å². The van der Waals surface area contributed by atoms with E-state index in [2.05, 4.69) is 0 Å². The van der Waals surface area contributed by atoms with Crippen molar-refractivity contribution in [3.05, 3.63) is 0 Å². The Labute approximate surface area is 226 Å². The molecule has 1 unspecified atom stereocenters. The highest BCUT2D eigenvalue weighted by atomic mass is 16.8. The second kappa shape index (κ2) is 17.0. The molecular weight excluding hydrogens is 552 g/mol. The molecule has 2 aliphatic heterocycles. The minimum Gasteiger partial charge on any atom is -0.465 e. The summed E-state index contributed by atoms with van der Waals surface area (Å²) in [5, 5.41) is 0. The highest BCUT2D eigenvalue weighted by molar-refractivity contribution is 5.42. The van der Waals surface area contributed by atoms with E-state index in [0.717, 1.165) is 0 Å². The van der Waals surface area contributed by atoms with Gasteiger partial charge in [0, 0.05) is 0 Å². The van der Waals surface area contributed by atoms with E-state index in [9.17, 15) is 33.6 Å². The number of hydrogen-bond acceptors (Lipinski definition) is 18. The van der Waals surface area contributed by atoms with Crippen LogP contribution in [0.2, 0.25) is 0 Å². The van der Waals surface area contributed by atoms with Crippen LogP contribution in [0.3, 0.4) is 0 Å². The van der Waals surface area contributed by atoms with Crippen molar-refractivity contribution < 1.29 is 85.7 Å². The molecule has 18 heteroatoms. The summed E-state index contributed by atoms with van der Waals surface area (Å²) in [5.74, 6) is 0. The maximum Gasteiger partial charge on any atom is 0.293 e. The topological polar surface area (TPSA) is 221 Å². The summed E-state index contributed by atoms with van der Waals surface area (Å²) in [6.07, 6.45) is -15.3. The van der Waals surface area contributed by atoms with Gasteiger partial charge in [-0.2, -0.15) is 0 Å². The second-order valence-corrected chi connectivity index (χ2v) is 8.22. The van der Waals surface area contributed by atoms with Crippen LogP contribution in [0.5, 0.6) is 0 Å². The molecule has 40 heavy (non-hydrogen) atoms. The second-order valence-electron chi connectivity index (χ2n) is 8.22. The van der Waals surface area contributed by atoms with Gasteiger partial charge in [-0.05, 0) is 13.8 Å². The Morgan fingerprint density at radius 1 is 0.525 bits per heavy atom. The molecule has 2 fully saturated rings. The Kier molecular flexibility index (Phi) is 13.7. The third kappa shape index (κ3) is 8.31. The number of ether oxygens (including phenoxy) is 11. The summed E-state index contributed by atoms with van der Waals surface area (Å²) in [4.78, 5) is 78.2. The monoisotopic (exact) mass is 580 g/mol. The summed E-state index contributed by atoms with van der Waals surface area (Å²) >= 11 is 0. The first kappa shape index (κ1) is 32.3. The number of hydrogen-bond donors (Lipinski definition) is 0. The molecule has 0 radical (unpaired) electrons. The third-order valence-electron chi connectivity index (χ3n) is 5.60.